The molecule has 1 atom stereocenters. The summed E-state index contributed by atoms with van der Waals surface area (Å²) >= 11 is 0. The average Bonchev–Trinajstić information content (AvgIpc) is 3.00. The highest BCUT2D eigenvalue weighted by atomic mass is 16.5. The number of ether oxygens (including phenoxy) is 1. The van der Waals surface area contributed by atoms with Crippen molar-refractivity contribution in [2.75, 3.05) is 12.3 Å². The van der Waals surface area contributed by atoms with Crippen molar-refractivity contribution in [3.05, 3.63) is 24.3 Å². The molecule has 3 heterocycles. The Hall–Kier alpha value is -1.95. The van der Waals surface area contributed by atoms with Crippen LogP contribution in [-0.4, -0.2) is 32.5 Å². The van der Waals surface area contributed by atoms with Gasteiger partial charge < -0.3 is 10.5 Å². The lowest BCUT2D eigenvalue weighted by atomic mass is 10.1. The van der Waals surface area contributed by atoms with Gasteiger partial charge in [-0.05, 0) is 12.8 Å². The van der Waals surface area contributed by atoms with E-state index in [4.69, 9.17) is 10.5 Å². The molecule has 0 radical (unpaired) electrons. The normalized spacial score (nSPS) is 18.9. The van der Waals surface area contributed by atoms with E-state index in [1.807, 2.05) is 13.2 Å². The van der Waals surface area contributed by atoms with Crippen LogP contribution in [-0.2, 0) is 18.2 Å². The lowest BCUT2D eigenvalue weighted by Crippen LogP contribution is -2.12. The molecule has 0 bridgehead atoms. The Morgan fingerprint density at radius 3 is 3.05 bits per heavy atom. The Morgan fingerprint density at radius 1 is 1.47 bits per heavy atom. The second-order valence-corrected chi connectivity index (χ2v) is 4.84. The van der Waals surface area contributed by atoms with Crippen LogP contribution in [0, 0.1) is 0 Å². The summed E-state index contributed by atoms with van der Waals surface area (Å²) < 4.78 is 7.35. The average molecular weight is 259 g/mol. The Kier molecular flexibility index (Phi) is 3.16. The summed E-state index contributed by atoms with van der Waals surface area (Å²) in [4.78, 5) is 8.85. The van der Waals surface area contributed by atoms with Crippen LogP contribution in [0.5, 0.6) is 0 Å². The van der Waals surface area contributed by atoms with Crippen molar-refractivity contribution >= 4 is 5.82 Å². The van der Waals surface area contributed by atoms with E-state index in [0.29, 0.717) is 5.82 Å². The first kappa shape index (κ1) is 12.1. The third kappa shape index (κ3) is 2.73. The highest BCUT2D eigenvalue weighted by Gasteiger charge is 2.18. The Morgan fingerprint density at radius 2 is 2.37 bits per heavy atom. The number of anilines is 1. The molecule has 6 heteroatoms. The second-order valence-electron chi connectivity index (χ2n) is 4.84. The molecule has 0 saturated carbocycles. The SMILES string of the molecule is Cn1cc(-c2cc(N)nc(CC3CCCO3)n2)cn1. The van der Waals surface area contributed by atoms with Crippen LogP contribution in [0.3, 0.4) is 0 Å². The molecule has 2 N–H and O–H groups in total. The van der Waals surface area contributed by atoms with E-state index in [9.17, 15) is 0 Å². The molecule has 1 saturated heterocycles. The Bertz CT molecular complexity index is 574. The van der Waals surface area contributed by atoms with Gasteiger partial charge in [-0.2, -0.15) is 5.10 Å². The van der Waals surface area contributed by atoms with Crippen molar-refractivity contribution in [3.63, 3.8) is 0 Å². The molecule has 0 aliphatic carbocycles. The molecule has 1 fully saturated rings. The molecule has 100 valence electrons. The Labute approximate surface area is 111 Å². The fraction of sp³-hybridized carbons (Fsp3) is 0.462. The third-order valence-electron chi connectivity index (χ3n) is 3.23. The van der Waals surface area contributed by atoms with E-state index in [1.165, 1.54) is 0 Å². The van der Waals surface area contributed by atoms with Crippen molar-refractivity contribution in [2.45, 2.75) is 25.4 Å². The molecule has 1 aliphatic heterocycles. The fourth-order valence-electron chi connectivity index (χ4n) is 2.32. The number of nitrogens with two attached hydrogens (primary N) is 1. The summed E-state index contributed by atoms with van der Waals surface area (Å²) in [6.07, 6.45) is 6.82. The van der Waals surface area contributed by atoms with Gasteiger partial charge in [0.25, 0.3) is 0 Å². The van der Waals surface area contributed by atoms with Crippen molar-refractivity contribution in [1.29, 1.82) is 0 Å². The minimum Gasteiger partial charge on any atom is -0.384 e. The van der Waals surface area contributed by atoms with Crippen LogP contribution in [0.1, 0.15) is 18.7 Å². The lowest BCUT2D eigenvalue weighted by Gasteiger charge is -2.09. The highest BCUT2D eigenvalue weighted by Crippen LogP contribution is 2.20. The molecule has 3 rings (SSSR count). The van der Waals surface area contributed by atoms with Gasteiger partial charge in [-0.1, -0.05) is 0 Å². The van der Waals surface area contributed by atoms with Gasteiger partial charge in [-0.3, -0.25) is 4.68 Å². The zero-order valence-corrected chi connectivity index (χ0v) is 10.9. The topological polar surface area (TPSA) is 78.9 Å². The van der Waals surface area contributed by atoms with Crippen molar-refractivity contribution in [3.8, 4) is 11.3 Å². The number of aromatic nitrogens is 4. The van der Waals surface area contributed by atoms with Crippen LogP contribution in [0.25, 0.3) is 11.3 Å². The van der Waals surface area contributed by atoms with Gasteiger partial charge in [-0.25, -0.2) is 9.97 Å². The molecule has 1 unspecified atom stereocenters. The van der Waals surface area contributed by atoms with Gasteiger partial charge in [0.05, 0.1) is 18.0 Å². The van der Waals surface area contributed by atoms with Crippen LogP contribution in [0.15, 0.2) is 18.5 Å². The smallest absolute Gasteiger partial charge is 0.134 e. The summed E-state index contributed by atoms with van der Waals surface area (Å²) in [5.74, 6) is 1.23. The number of nitrogen functional groups attached to an aromatic ring is 1. The first-order valence-electron chi connectivity index (χ1n) is 6.45. The maximum Gasteiger partial charge on any atom is 0.134 e. The minimum atomic E-state index is 0.226. The zero-order valence-electron chi connectivity index (χ0n) is 10.9. The van der Waals surface area contributed by atoms with Gasteiger partial charge in [0.15, 0.2) is 0 Å². The van der Waals surface area contributed by atoms with Gasteiger partial charge in [0, 0.05) is 37.9 Å². The fourth-order valence-corrected chi connectivity index (χ4v) is 2.32. The van der Waals surface area contributed by atoms with Crippen LogP contribution in [0.2, 0.25) is 0 Å². The van der Waals surface area contributed by atoms with Gasteiger partial charge in [-0.15, -0.1) is 0 Å². The molecule has 6 nitrogen and oxygen atoms in total. The van der Waals surface area contributed by atoms with Crippen molar-refractivity contribution in [2.24, 2.45) is 7.05 Å². The van der Waals surface area contributed by atoms with E-state index >= 15 is 0 Å². The van der Waals surface area contributed by atoms with Crippen molar-refractivity contribution in [1.82, 2.24) is 19.7 Å². The summed E-state index contributed by atoms with van der Waals surface area (Å²) in [6.45, 7) is 0.836. The predicted molar refractivity (Wildman–Crippen MR) is 71.3 cm³/mol. The van der Waals surface area contributed by atoms with E-state index in [1.54, 1.807) is 16.9 Å². The maximum absolute atomic E-state index is 5.86. The summed E-state index contributed by atoms with van der Waals surface area (Å²) in [7, 11) is 1.88. The Balaban J connectivity index is 1.87. The molecular weight excluding hydrogens is 242 g/mol. The second kappa shape index (κ2) is 4.97. The van der Waals surface area contributed by atoms with E-state index in [2.05, 4.69) is 15.1 Å². The standard InChI is InChI=1S/C13H17N5O/c1-18-8-9(7-15-18)11-6-12(14)17-13(16-11)5-10-3-2-4-19-10/h6-8,10H,2-5H2,1H3,(H2,14,16,17). The summed E-state index contributed by atoms with van der Waals surface area (Å²) in [5, 5.41) is 4.15. The van der Waals surface area contributed by atoms with Gasteiger partial charge in [0.1, 0.15) is 11.6 Å². The monoisotopic (exact) mass is 259 g/mol. The first-order chi connectivity index (χ1) is 9.20. The van der Waals surface area contributed by atoms with Crippen LogP contribution < -0.4 is 5.73 Å². The minimum absolute atomic E-state index is 0.226. The molecule has 2 aromatic heterocycles. The van der Waals surface area contributed by atoms with Crippen molar-refractivity contribution < 1.29 is 4.74 Å². The van der Waals surface area contributed by atoms with Crippen LogP contribution >= 0.6 is 0 Å². The van der Waals surface area contributed by atoms with Gasteiger partial charge in [0.2, 0.25) is 0 Å². The zero-order chi connectivity index (χ0) is 13.2. The maximum atomic E-state index is 5.86. The largest absolute Gasteiger partial charge is 0.384 e. The number of rotatable bonds is 3. The third-order valence-corrected chi connectivity index (χ3v) is 3.23. The predicted octanol–water partition coefficient (Wildman–Crippen LogP) is 1.18. The summed E-state index contributed by atoms with van der Waals surface area (Å²) in [6, 6.07) is 1.77. The number of aryl methyl sites for hydroxylation is 1. The molecule has 1 aliphatic rings. The molecular formula is C13H17N5O. The molecule has 2 aromatic rings. The summed E-state index contributed by atoms with van der Waals surface area (Å²) in [5.41, 5.74) is 7.62. The molecule has 0 amide bonds. The first-order valence-corrected chi connectivity index (χ1v) is 6.45. The number of hydrogen-bond acceptors (Lipinski definition) is 5. The highest BCUT2D eigenvalue weighted by molar-refractivity contribution is 5.60. The van der Waals surface area contributed by atoms with E-state index in [0.717, 1.165) is 43.0 Å². The number of nitrogens with zero attached hydrogens (tertiary/aromatic N) is 4. The lowest BCUT2D eigenvalue weighted by molar-refractivity contribution is 0.110. The molecule has 0 spiro atoms. The van der Waals surface area contributed by atoms with E-state index < -0.39 is 0 Å². The van der Waals surface area contributed by atoms with Gasteiger partial charge >= 0.3 is 0 Å². The van der Waals surface area contributed by atoms with Crippen LogP contribution in [0.4, 0.5) is 5.82 Å². The molecule has 0 aromatic carbocycles. The number of hydrogen-bond donors (Lipinski definition) is 1. The van der Waals surface area contributed by atoms with E-state index in [-0.39, 0.29) is 6.10 Å². The molecule has 19 heavy (non-hydrogen) atoms. The quantitative estimate of drug-likeness (QED) is 0.895.